The summed E-state index contributed by atoms with van der Waals surface area (Å²) in [5.41, 5.74) is 4.90. The molecular formula is C9H12N2O3. The van der Waals surface area contributed by atoms with Crippen LogP contribution in [0.5, 0.6) is 0 Å². The van der Waals surface area contributed by atoms with E-state index < -0.39 is 5.91 Å². The van der Waals surface area contributed by atoms with Crippen LogP contribution >= 0.6 is 0 Å². The van der Waals surface area contributed by atoms with Crippen LogP contribution in [0.2, 0.25) is 0 Å². The number of benzene rings is 1. The molecule has 0 unspecified atom stereocenters. The van der Waals surface area contributed by atoms with Crippen molar-refractivity contribution in [3.63, 3.8) is 0 Å². The van der Waals surface area contributed by atoms with Gasteiger partial charge in [0.15, 0.2) is 0 Å². The maximum absolute atomic E-state index is 10.5. The Balaban J connectivity index is 2.13. The van der Waals surface area contributed by atoms with Gasteiger partial charge in [0.1, 0.15) is 6.54 Å². The molecule has 1 rings (SSSR count). The highest BCUT2D eigenvalue weighted by molar-refractivity contribution is 5.76. The van der Waals surface area contributed by atoms with Crippen molar-refractivity contribution in [3.05, 3.63) is 35.9 Å². The highest BCUT2D eigenvalue weighted by Gasteiger charge is 1.97. The summed E-state index contributed by atoms with van der Waals surface area (Å²) in [6, 6.07) is 9.54. The normalized spacial score (nSPS) is 9.79. The Morgan fingerprint density at radius 2 is 2.07 bits per heavy atom. The molecular weight excluding hydrogens is 184 g/mol. The summed E-state index contributed by atoms with van der Waals surface area (Å²) in [6.07, 6.45) is 0. The molecule has 0 saturated heterocycles. The second-order valence-electron chi connectivity index (χ2n) is 2.63. The average Bonchev–Trinajstić information content (AvgIpc) is 2.25. The lowest BCUT2D eigenvalue weighted by Crippen LogP contribution is -2.31. The van der Waals surface area contributed by atoms with Crippen molar-refractivity contribution >= 4 is 5.91 Å². The average molecular weight is 196 g/mol. The van der Waals surface area contributed by atoms with Gasteiger partial charge in [-0.15, -0.1) is 0 Å². The third kappa shape index (κ3) is 3.99. The van der Waals surface area contributed by atoms with E-state index in [2.05, 4.69) is 5.48 Å². The molecule has 0 aromatic heterocycles. The van der Waals surface area contributed by atoms with Gasteiger partial charge >= 0.3 is 0 Å². The van der Waals surface area contributed by atoms with Gasteiger partial charge in [0.05, 0.1) is 6.61 Å². The Morgan fingerprint density at radius 1 is 1.36 bits per heavy atom. The quantitative estimate of drug-likeness (QED) is 0.358. The van der Waals surface area contributed by atoms with Gasteiger partial charge in [-0.25, -0.2) is 5.48 Å². The first kappa shape index (κ1) is 10.6. The minimum absolute atomic E-state index is 0.0800. The second kappa shape index (κ2) is 6.09. The van der Waals surface area contributed by atoms with Gasteiger partial charge in [0.2, 0.25) is 0 Å². The summed E-state index contributed by atoms with van der Waals surface area (Å²) in [7, 11) is 0. The molecule has 5 nitrogen and oxygen atoms in total. The molecule has 0 bridgehead atoms. The lowest BCUT2D eigenvalue weighted by atomic mass is 10.2. The van der Waals surface area contributed by atoms with Crippen molar-refractivity contribution < 1.29 is 14.8 Å². The highest BCUT2D eigenvalue weighted by Crippen LogP contribution is 1.98. The van der Waals surface area contributed by atoms with Crippen molar-refractivity contribution in [2.75, 3.05) is 6.54 Å². The molecule has 0 aliphatic heterocycles. The lowest BCUT2D eigenvalue weighted by molar-refractivity contribution is -0.131. The smallest absolute Gasteiger partial charge is 0.259 e. The van der Waals surface area contributed by atoms with Gasteiger partial charge in [-0.2, -0.15) is 5.48 Å². The molecule has 1 aromatic carbocycles. The van der Waals surface area contributed by atoms with E-state index in [4.69, 9.17) is 10.0 Å². The van der Waals surface area contributed by atoms with E-state index in [1.54, 1.807) is 0 Å². The van der Waals surface area contributed by atoms with Gasteiger partial charge in [-0.1, -0.05) is 30.3 Å². The van der Waals surface area contributed by atoms with Gasteiger partial charge in [-0.3, -0.25) is 14.8 Å². The summed E-state index contributed by atoms with van der Waals surface area (Å²) >= 11 is 0. The van der Waals surface area contributed by atoms with Crippen LogP contribution in [0.25, 0.3) is 0 Å². The van der Waals surface area contributed by atoms with Crippen LogP contribution in [-0.2, 0) is 16.2 Å². The first-order valence-corrected chi connectivity index (χ1v) is 4.14. The molecule has 0 aliphatic rings. The molecule has 1 aromatic rings. The summed E-state index contributed by atoms with van der Waals surface area (Å²) < 4.78 is 0. The fourth-order valence-corrected chi connectivity index (χ4v) is 0.865. The molecule has 5 heteroatoms. The molecule has 3 N–H and O–H groups in total. The number of rotatable bonds is 5. The van der Waals surface area contributed by atoms with Crippen LogP contribution in [0.1, 0.15) is 5.56 Å². The predicted octanol–water partition coefficient (Wildman–Crippen LogP) is 0.213. The number of carbonyl (C=O) groups is 1. The van der Waals surface area contributed by atoms with Crippen LogP contribution in [0.4, 0.5) is 0 Å². The monoisotopic (exact) mass is 196 g/mol. The Hall–Kier alpha value is -1.43. The Morgan fingerprint density at radius 3 is 2.71 bits per heavy atom. The van der Waals surface area contributed by atoms with Crippen molar-refractivity contribution in [3.8, 4) is 0 Å². The molecule has 76 valence electrons. The topological polar surface area (TPSA) is 70.6 Å². The van der Waals surface area contributed by atoms with Gasteiger partial charge < -0.3 is 0 Å². The first-order valence-electron chi connectivity index (χ1n) is 4.14. The van der Waals surface area contributed by atoms with Crippen LogP contribution < -0.4 is 11.0 Å². The van der Waals surface area contributed by atoms with Crippen LogP contribution in [0, 0.1) is 0 Å². The summed E-state index contributed by atoms with van der Waals surface area (Å²) in [5, 5.41) is 8.16. The molecule has 0 heterocycles. The Kier molecular flexibility index (Phi) is 4.63. The maximum atomic E-state index is 10.5. The lowest BCUT2D eigenvalue weighted by Gasteiger charge is -2.04. The number of nitrogens with one attached hydrogen (secondary N) is 2. The minimum atomic E-state index is -0.543. The third-order valence-corrected chi connectivity index (χ3v) is 1.54. The zero-order chi connectivity index (χ0) is 10.2. The standard InChI is InChI=1S/C9H12N2O3/c12-9(11-13)6-10-14-7-8-4-2-1-3-5-8/h1-5,10,13H,6-7H2,(H,11,12). The predicted molar refractivity (Wildman–Crippen MR) is 49.2 cm³/mol. The van der Waals surface area contributed by atoms with Crippen LogP contribution in [-0.4, -0.2) is 17.7 Å². The minimum Gasteiger partial charge on any atom is -0.297 e. The van der Waals surface area contributed by atoms with Gasteiger partial charge in [0.25, 0.3) is 5.91 Å². The van der Waals surface area contributed by atoms with Gasteiger partial charge in [0, 0.05) is 0 Å². The van der Waals surface area contributed by atoms with Gasteiger partial charge in [-0.05, 0) is 5.56 Å². The van der Waals surface area contributed by atoms with Crippen LogP contribution in [0.15, 0.2) is 30.3 Å². The second-order valence-corrected chi connectivity index (χ2v) is 2.63. The molecule has 1 amide bonds. The van der Waals surface area contributed by atoms with E-state index >= 15 is 0 Å². The molecule has 0 saturated carbocycles. The summed E-state index contributed by atoms with van der Waals surface area (Å²) in [4.78, 5) is 15.5. The highest BCUT2D eigenvalue weighted by atomic mass is 16.6. The zero-order valence-corrected chi connectivity index (χ0v) is 7.56. The largest absolute Gasteiger partial charge is 0.297 e. The summed E-state index contributed by atoms with van der Waals surface area (Å²) in [6.45, 7) is 0.295. The zero-order valence-electron chi connectivity index (χ0n) is 7.56. The van der Waals surface area contributed by atoms with E-state index in [0.717, 1.165) is 5.56 Å². The van der Waals surface area contributed by atoms with E-state index in [9.17, 15) is 4.79 Å². The molecule has 0 radical (unpaired) electrons. The summed E-state index contributed by atoms with van der Waals surface area (Å²) in [5.74, 6) is -0.543. The SMILES string of the molecule is O=C(CNOCc1ccccc1)NO. The molecule has 0 atom stereocenters. The van der Waals surface area contributed by atoms with Crippen molar-refractivity contribution in [2.24, 2.45) is 0 Å². The number of hydrogen-bond acceptors (Lipinski definition) is 4. The fraction of sp³-hybridized carbons (Fsp3) is 0.222. The first-order chi connectivity index (χ1) is 6.83. The number of amides is 1. The molecule has 0 aliphatic carbocycles. The van der Waals surface area contributed by atoms with E-state index in [1.165, 1.54) is 5.48 Å². The van der Waals surface area contributed by atoms with Crippen molar-refractivity contribution in [1.82, 2.24) is 11.0 Å². The molecule has 14 heavy (non-hydrogen) atoms. The Labute approximate surface area is 81.6 Å². The van der Waals surface area contributed by atoms with E-state index in [-0.39, 0.29) is 6.54 Å². The van der Waals surface area contributed by atoms with Crippen LogP contribution in [0.3, 0.4) is 0 Å². The van der Waals surface area contributed by atoms with E-state index in [1.807, 2.05) is 30.3 Å². The number of hydrogen-bond donors (Lipinski definition) is 3. The Bertz CT molecular complexity index is 277. The maximum Gasteiger partial charge on any atom is 0.259 e. The number of carbonyl (C=O) groups excluding carboxylic acids is 1. The fourth-order valence-electron chi connectivity index (χ4n) is 0.865. The van der Waals surface area contributed by atoms with Crippen molar-refractivity contribution in [2.45, 2.75) is 6.61 Å². The number of hydroxylamine groups is 2. The third-order valence-electron chi connectivity index (χ3n) is 1.54. The van der Waals surface area contributed by atoms with E-state index in [0.29, 0.717) is 6.61 Å². The van der Waals surface area contributed by atoms with Crippen molar-refractivity contribution in [1.29, 1.82) is 0 Å². The molecule has 0 fully saturated rings. The molecule has 0 spiro atoms.